The summed E-state index contributed by atoms with van der Waals surface area (Å²) in [4.78, 5) is 17.0. The third kappa shape index (κ3) is 3.02. The van der Waals surface area contributed by atoms with Crippen LogP contribution in [0.25, 0.3) is 11.0 Å². The van der Waals surface area contributed by atoms with Gasteiger partial charge in [-0.3, -0.25) is 0 Å². The topological polar surface area (TPSA) is 66.5 Å². The van der Waals surface area contributed by atoms with E-state index in [1.807, 2.05) is 37.4 Å². The van der Waals surface area contributed by atoms with Crippen LogP contribution in [0.15, 0.2) is 30.3 Å². The molecule has 0 spiro atoms. The molecule has 1 aromatic carbocycles. The first-order valence-electron chi connectivity index (χ1n) is 7.26. The molecule has 0 aliphatic heterocycles. The normalized spacial score (nSPS) is 11.0. The summed E-state index contributed by atoms with van der Waals surface area (Å²) in [5, 5.41) is 3.10. The molecule has 0 unspecified atom stereocenters. The van der Waals surface area contributed by atoms with Crippen molar-refractivity contribution in [3.8, 4) is 0 Å². The molecule has 5 nitrogen and oxygen atoms in total. The molecule has 108 valence electrons. The summed E-state index contributed by atoms with van der Waals surface area (Å²) in [6.07, 6.45) is 2.65. The second kappa shape index (κ2) is 5.91. The highest BCUT2D eigenvalue weighted by Crippen LogP contribution is 2.14. The molecule has 0 radical (unpaired) electrons. The van der Waals surface area contributed by atoms with E-state index in [4.69, 9.17) is 0 Å². The van der Waals surface area contributed by atoms with Crippen LogP contribution in [0.2, 0.25) is 0 Å². The number of aromatic amines is 1. The molecule has 3 aromatic rings. The predicted molar refractivity (Wildman–Crippen MR) is 84.5 cm³/mol. The number of hydrogen-bond acceptors (Lipinski definition) is 4. The molecule has 0 fully saturated rings. The summed E-state index contributed by atoms with van der Waals surface area (Å²) >= 11 is 0. The maximum Gasteiger partial charge on any atom is 0.138 e. The summed E-state index contributed by atoms with van der Waals surface area (Å²) in [7, 11) is 1.88. The van der Waals surface area contributed by atoms with Crippen molar-refractivity contribution in [3.63, 3.8) is 0 Å². The monoisotopic (exact) mass is 281 g/mol. The van der Waals surface area contributed by atoms with Gasteiger partial charge in [0, 0.05) is 18.8 Å². The third-order valence-corrected chi connectivity index (χ3v) is 3.35. The fourth-order valence-corrected chi connectivity index (χ4v) is 2.38. The SMILES string of the molecule is CCCc1cc(NC)nc(Cc2nc3ccccc3[nH]2)n1. The van der Waals surface area contributed by atoms with Gasteiger partial charge in [-0.2, -0.15) is 0 Å². The highest BCUT2D eigenvalue weighted by atomic mass is 15.0. The minimum absolute atomic E-state index is 0.612. The van der Waals surface area contributed by atoms with Crippen molar-refractivity contribution in [2.24, 2.45) is 0 Å². The van der Waals surface area contributed by atoms with Crippen LogP contribution < -0.4 is 5.32 Å². The van der Waals surface area contributed by atoms with Crippen LogP contribution in [0.4, 0.5) is 5.82 Å². The average Bonchev–Trinajstić information content (AvgIpc) is 2.89. The first kappa shape index (κ1) is 13.5. The number of imidazole rings is 1. The summed E-state index contributed by atoms with van der Waals surface area (Å²) in [6.45, 7) is 2.15. The molecular weight excluding hydrogens is 262 g/mol. The minimum Gasteiger partial charge on any atom is -0.373 e. The smallest absolute Gasteiger partial charge is 0.138 e. The third-order valence-electron chi connectivity index (χ3n) is 3.35. The Morgan fingerprint density at radius 3 is 2.76 bits per heavy atom. The van der Waals surface area contributed by atoms with Gasteiger partial charge in [-0.1, -0.05) is 25.5 Å². The van der Waals surface area contributed by atoms with Gasteiger partial charge < -0.3 is 10.3 Å². The molecule has 0 saturated heterocycles. The van der Waals surface area contributed by atoms with E-state index < -0.39 is 0 Å². The van der Waals surface area contributed by atoms with E-state index in [-0.39, 0.29) is 0 Å². The van der Waals surface area contributed by atoms with Crippen molar-refractivity contribution < 1.29 is 0 Å². The van der Waals surface area contributed by atoms with Crippen molar-refractivity contribution in [2.45, 2.75) is 26.2 Å². The van der Waals surface area contributed by atoms with Gasteiger partial charge in [0.25, 0.3) is 0 Å². The Kier molecular flexibility index (Phi) is 3.81. The van der Waals surface area contributed by atoms with Crippen LogP contribution >= 0.6 is 0 Å². The average molecular weight is 281 g/mol. The van der Waals surface area contributed by atoms with Gasteiger partial charge in [0.1, 0.15) is 17.5 Å². The Bertz CT molecular complexity index is 714. The predicted octanol–water partition coefficient (Wildman–Crippen LogP) is 2.94. The van der Waals surface area contributed by atoms with Crippen molar-refractivity contribution in [1.82, 2.24) is 19.9 Å². The van der Waals surface area contributed by atoms with E-state index in [1.54, 1.807) is 0 Å². The first-order chi connectivity index (χ1) is 10.3. The van der Waals surface area contributed by atoms with Crippen molar-refractivity contribution in [1.29, 1.82) is 0 Å². The maximum absolute atomic E-state index is 4.63. The standard InChI is InChI=1S/C16H19N5/c1-3-6-11-9-14(17-2)21-15(18-11)10-16-19-12-7-4-5-8-13(12)20-16/h4-5,7-9H,3,6,10H2,1-2H3,(H,19,20)(H,17,18,21). The zero-order chi connectivity index (χ0) is 14.7. The molecule has 0 amide bonds. The molecule has 0 atom stereocenters. The number of nitrogens with zero attached hydrogens (tertiary/aromatic N) is 3. The Balaban J connectivity index is 1.90. The molecule has 0 aliphatic carbocycles. The number of rotatable bonds is 5. The van der Waals surface area contributed by atoms with E-state index in [9.17, 15) is 0 Å². The summed E-state index contributed by atoms with van der Waals surface area (Å²) < 4.78 is 0. The molecule has 0 aliphatic rings. The minimum atomic E-state index is 0.612. The number of aromatic nitrogens is 4. The molecular formula is C16H19N5. The number of hydrogen-bond donors (Lipinski definition) is 2. The highest BCUT2D eigenvalue weighted by molar-refractivity contribution is 5.74. The van der Waals surface area contributed by atoms with Crippen LogP contribution in [0, 0.1) is 0 Å². The molecule has 5 heteroatoms. The number of fused-ring (bicyclic) bond motifs is 1. The molecule has 0 saturated carbocycles. The van der Waals surface area contributed by atoms with Crippen LogP contribution in [0.5, 0.6) is 0 Å². The number of H-pyrrole nitrogens is 1. The quantitative estimate of drug-likeness (QED) is 0.754. The zero-order valence-electron chi connectivity index (χ0n) is 12.3. The molecule has 2 aromatic heterocycles. The summed E-state index contributed by atoms with van der Waals surface area (Å²) in [5.41, 5.74) is 3.10. The lowest BCUT2D eigenvalue weighted by molar-refractivity contribution is 0.832. The molecule has 21 heavy (non-hydrogen) atoms. The Hall–Kier alpha value is -2.43. The maximum atomic E-state index is 4.63. The van der Waals surface area contributed by atoms with Crippen LogP contribution in [0.1, 0.15) is 30.7 Å². The Morgan fingerprint density at radius 2 is 2.00 bits per heavy atom. The van der Waals surface area contributed by atoms with Crippen molar-refractivity contribution >= 4 is 16.9 Å². The molecule has 2 heterocycles. The number of anilines is 1. The van der Waals surface area contributed by atoms with E-state index in [0.717, 1.165) is 47.0 Å². The van der Waals surface area contributed by atoms with Gasteiger partial charge in [-0.25, -0.2) is 15.0 Å². The lowest BCUT2D eigenvalue weighted by Gasteiger charge is -2.06. The second-order valence-corrected chi connectivity index (χ2v) is 5.04. The van der Waals surface area contributed by atoms with Gasteiger partial charge >= 0.3 is 0 Å². The van der Waals surface area contributed by atoms with Crippen LogP contribution in [0.3, 0.4) is 0 Å². The fourth-order valence-electron chi connectivity index (χ4n) is 2.38. The second-order valence-electron chi connectivity index (χ2n) is 5.04. The zero-order valence-corrected chi connectivity index (χ0v) is 12.3. The van der Waals surface area contributed by atoms with E-state index in [2.05, 4.69) is 32.2 Å². The molecule has 2 N–H and O–H groups in total. The van der Waals surface area contributed by atoms with E-state index in [0.29, 0.717) is 6.42 Å². The lowest BCUT2D eigenvalue weighted by Crippen LogP contribution is -2.05. The summed E-state index contributed by atoms with van der Waals surface area (Å²) in [5.74, 6) is 2.55. The molecule has 3 rings (SSSR count). The van der Waals surface area contributed by atoms with Gasteiger partial charge in [0.05, 0.1) is 17.5 Å². The first-order valence-corrected chi connectivity index (χ1v) is 7.26. The largest absolute Gasteiger partial charge is 0.373 e. The highest BCUT2D eigenvalue weighted by Gasteiger charge is 2.08. The van der Waals surface area contributed by atoms with E-state index >= 15 is 0 Å². The number of benzene rings is 1. The van der Waals surface area contributed by atoms with Gasteiger partial charge in [-0.15, -0.1) is 0 Å². The van der Waals surface area contributed by atoms with Gasteiger partial charge in [-0.05, 0) is 18.6 Å². The van der Waals surface area contributed by atoms with Gasteiger partial charge in [0.15, 0.2) is 0 Å². The fraction of sp³-hybridized carbons (Fsp3) is 0.312. The van der Waals surface area contributed by atoms with Crippen LogP contribution in [-0.4, -0.2) is 27.0 Å². The Morgan fingerprint density at radius 1 is 1.14 bits per heavy atom. The van der Waals surface area contributed by atoms with E-state index in [1.165, 1.54) is 0 Å². The lowest BCUT2D eigenvalue weighted by atomic mass is 10.2. The number of para-hydroxylation sites is 2. The number of nitrogens with one attached hydrogen (secondary N) is 2. The Labute approximate surface area is 123 Å². The summed E-state index contributed by atoms with van der Waals surface area (Å²) in [6, 6.07) is 10.0. The van der Waals surface area contributed by atoms with Crippen molar-refractivity contribution in [2.75, 3.05) is 12.4 Å². The van der Waals surface area contributed by atoms with Gasteiger partial charge in [0.2, 0.25) is 0 Å². The van der Waals surface area contributed by atoms with Crippen LogP contribution in [-0.2, 0) is 12.8 Å². The van der Waals surface area contributed by atoms with Crippen molar-refractivity contribution in [3.05, 3.63) is 47.7 Å². The number of aryl methyl sites for hydroxylation is 1. The molecule has 0 bridgehead atoms.